The number of aromatic nitrogens is 3. The average molecular weight is 210 g/mol. The van der Waals surface area contributed by atoms with Crippen LogP contribution in [0.1, 0.15) is 0 Å². The summed E-state index contributed by atoms with van der Waals surface area (Å²) in [6.45, 7) is 0. The summed E-state index contributed by atoms with van der Waals surface area (Å²) in [5.74, 6) is 0.501. The summed E-state index contributed by atoms with van der Waals surface area (Å²) in [5, 5.41) is 9.10. The molecule has 16 heavy (non-hydrogen) atoms. The number of fused-ring (bicyclic) bond motifs is 1. The lowest BCUT2D eigenvalue weighted by molar-refractivity contribution is 1.10. The Morgan fingerprint density at radius 1 is 1.19 bits per heavy atom. The number of hydrogen-bond donors (Lipinski definition) is 2. The standard InChI is InChI=1S/C12H10N4/c13-12-6-11(15-16-12)10-3-1-2-8-7-14-5-4-9(8)10/h1-7H,(H3,13,15,16). The molecule has 3 rings (SSSR count). The van der Waals surface area contributed by atoms with E-state index in [0.717, 1.165) is 22.0 Å². The molecule has 0 saturated carbocycles. The number of hydrogen-bond acceptors (Lipinski definition) is 3. The number of anilines is 1. The van der Waals surface area contributed by atoms with E-state index in [1.54, 1.807) is 6.20 Å². The summed E-state index contributed by atoms with van der Waals surface area (Å²) in [6.07, 6.45) is 3.63. The molecule has 0 saturated heterocycles. The van der Waals surface area contributed by atoms with Crippen molar-refractivity contribution in [2.75, 3.05) is 5.73 Å². The number of H-pyrrole nitrogens is 1. The van der Waals surface area contributed by atoms with Crippen molar-refractivity contribution in [3.63, 3.8) is 0 Å². The summed E-state index contributed by atoms with van der Waals surface area (Å²) in [4.78, 5) is 4.10. The first kappa shape index (κ1) is 8.91. The largest absolute Gasteiger partial charge is 0.382 e. The van der Waals surface area contributed by atoms with Gasteiger partial charge in [-0.15, -0.1) is 0 Å². The molecule has 0 aliphatic carbocycles. The molecule has 3 N–H and O–H groups in total. The SMILES string of the molecule is Nc1cc(-c2cccc3cnccc23)[nH]n1. The molecule has 0 atom stereocenters. The summed E-state index contributed by atoms with van der Waals surface area (Å²) in [7, 11) is 0. The quantitative estimate of drug-likeness (QED) is 0.647. The molecule has 0 fully saturated rings. The predicted octanol–water partition coefficient (Wildman–Crippen LogP) is 2.21. The minimum absolute atomic E-state index is 0.501. The molecule has 4 nitrogen and oxygen atoms in total. The maximum absolute atomic E-state index is 5.61. The second-order valence-electron chi connectivity index (χ2n) is 3.61. The zero-order valence-electron chi connectivity index (χ0n) is 8.51. The van der Waals surface area contributed by atoms with Gasteiger partial charge < -0.3 is 5.73 Å². The van der Waals surface area contributed by atoms with Crippen molar-refractivity contribution >= 4 is 16.6 Å². The fourth-order valence-electron chi connectivity index (χ4n) is 1.83. The van der Waals surface area contributed by atoms with Crippen molar-refractivity contribution < 1.29 is 0 Å². The van der Waals surface area contributed by atoms with Crippen LogP contribution in [0.15, 0.2) is 42.7 Å². The number of rotatable bonds is 1. The van der Waals surface area contributed by atoms with Crippen LogP contribution in [0, 0.1) is 0 Å². The first-order chi connectivity index (χ1) is 7.84. The van der Waals surface area contributed by atoms with Gasteiger partial charge in [-0.3, -0.25) is 10.1 Å². The van der Waals surface area contributed by atoms with Crippen LogP contribution in [-0.4, -0.2) is 15.2 Å². The zero-order chi connectivity index (χ0) is 11.0. The van der Waals surface area contributed by atoms with E-state index in [1.807, 2.05) is 36.5 Å². The Kier molecular flexibility index (Phi) is 1.86. The Morgan fingerprint density at radius 2 is 2.12 bits per heavy atom. The molecular formula is C12H10N4. The van der Waals surface area contributed by atoms with E-state index >= 15 is 0 Å². The molecule has 2 aromatic heterocycles. The van der Waals surface area contributed by atoms with E-state index in [0.29, 0.717) is 5.82 Å². The Hall–Kier alpha value is -2.36. The molecule has 0 bridgehead atoms. The van der Waals surface area contributed by atoms with Gasteiger partial charge in [0.25, 0.3) is 0 Å². The summed E-state index contributed by atoms with van der Waals surface area (Å²) >= 11 is 0. The lowest BCUT2D eigenvalue weighted by Gasteiger charge is -2.02. The molecule has 78 valence electrons. The third-order valence-corrected chi connectivity index (χ3v) is 2.57. The van der Waals surface area contributed by atoms with Crippen molar-refractivity contribution in [3.8, 4) is 11.3 Å². The summed E-state index contributed by atoms with van der Waals surface area (Å²) in [6, 6.07) is 9.88. The Morgan fingerprint density at radius 3 is 2.94 bits per heavy atom. The van der Waals surface area contributed by atoms with Crippen LogP contribution in [0.25, 0.3) is 22.0 Å². The number of benzene rings is 1. The van der Waals surface area contributed by atoms with Gasteiger partial charge in [-0.1, -0.05) is 18.2 Å². The van der Waals surface area contributed by atoms with E-state index in [9.17, 15) is 0 Å². The van der Waals surface area contributed by atoms with Crippen LogP contribution in [0.3, 0.4) is 0 Å². The van der Waals surface area contributed by atoms with Gasteiger partial charge in [0.05, 0.1) is 5.69 Å². The normalized spacial score (nSPS) is 10.8. The smallest absolute Gasteiger partial charge is 0.145 e. The highest BCUT2D eigenvalue weighted by molar-refractivity contribution is 5.95. The Labute approximate surface area is 92.1 Å². The van der Waals surface area contributed by atoms with Crippen LogP contribution in [0.2, 0.25) is 0 Å². The van der Waals surface area contributed by atoms with E-state index in [1.165, 1.54) is 0 Å². The molecule has 3 aromatic rings. The van der Waals surface area contributed by atoms with Crippen LogP contribution in [0.5, 0.6) is 0 Å². The Balaban J connectivity index is 2.31. The minimum Gasteiger partial charge on any atom is -0.382 e. The molecule has 0 aliphatic heterocycles. The summed E-state index contributed by atoms with van der Waals surface area (Å²) in [5.41, 5.74) is 7.62. The molecule has 2 heterocycles. The fraction of sp³-hybridized carbons (Fsp3) is 0. The van der Waals surface area contributed by atoms with Crippen molar-refractivity contribution in [2.45, 2.75) is 0 Å². The number of nitrogens with two attached hydrogens (primary N) is 1. The van der Waals surface area contributed by atoms with Crippen LogP contribution >= 0.6 is 0 Å². The first-order valence-electron chi connectivity index (χ1n) is 4.98. The number of nitrogens with one attached hydrogen (secondary N) is 1. The average Bonchev–Trinajstić information content (AvgIpc) is 2.75. The topological polar surface area (TPSA) is 67.6 Å². The molecule has 0 spiro atoms. The number of pyridine rings is 1. The van der Waals surface area contributed by atoms with Gasteiger partial charge in [-0.25, -0.2) is 0 Å². The second-order valence-corrected chi connectivity index (χ2v) is 3.61. The molecule has 0 unspecified atom stereocenters. The van der Waals surface area contributed by atoms with Crippen molar-refractivity contribution in [1.29, 1.82) is 0 Å². The van der Waals surface area contributed by atoms with Crippen molar-refractivity contribution in [1.82, 2.24) is 15.2 Å². The third-order valence-electron chi connectivity index (χ3n) is 2.57. The first-order valence-corrected chi connectivity index (χ1v) is 4.98. The lowest BCUT2D eigenvalue weighted by atomic mass is 10.0. The molecule has 4 heteroatoms. The van der Waals surface area contributed by atoms with Crippen molar-refractivity contribution in [3.05, 3.63) is 42.7 Å². The maximum Gasteiger partial charge on any atom is 0.145 e. The van der Waals surface area contributed by atoms with Gasteiger partial charge in [-0.05, 0) is 11.5 Å². The highest BCUT2D eigenvalue weighted by Crippen LogP contribution is 2.27. The van der Waals surface area contributed by atoms with Gasteiger partial charge in [0.2, 0.25) is 0 Å². The van der Waals surface area contributed by atoms with E-state index in [2.05, 4.69) is 15.2 Å². The molecule has 1 aromatic carbocycles. The van der Waals surface area contributed by atoms with Gasteiger partial charge in [0, 0.05) is 29.4 Å². The van der Waals surface area contributed by atoms with Gasteiger partial charge in [0.15, 0.2) is 0 Å². The van der Waals surface area contributed by atoms with E-state index < -0.39 is 0 Å². The van der Waals surface area contributed by atoms with Crippen molar-refractivity contribution in [2.24, 2.45) is 0 Å². The van der Waals surface area contributed by atoms with Crippen LogP contribution in [-0.2, 0) is 0 Å². The number of nitrogens with zero attached hydrogens (tertiary/aromatic N) is 2. The molecular weight excluding hydrogens is 200 g/mol. The second kappa shape index (κ2) is 3.34. The van der Waals surface area contributed by atoms with Gasteiger partial charge >= 0.3 is 0 Å². The maximum atomic E-state index is 5.61. The van der Waals surface area contributed by atoms with Crippen LogP contribution < -0.4 is 5.73 Å². The highest BCUT2D eigenvalue weighted by Gasteiger charge is 2.05. The molecule has 0 aliphatic rings. The zero-order valence-corrected chi connectivity index (χ0v) is 8.51. The number of nitrogen functional groups attached to an aromatic ring is 1. The monoisotopic (exact) mass is 210 g/mol. The van der Waals surface area contributed by atoms with E-state index in [-0.39, 0.29) is 0 Å². The lowest BCUT2D eigenvalue weighted by Crippen LogP contribution is -1.82. The fourth-order valence-corrected chi connectivity index (χ4v) is 1.83. The molecule has 0 radical (unpaired) electrons. The number of aromatic amines is 1. The Bertz CT molecular complexity index is 637. The van der Waals surface area contributed by atoms with Gasteiger partial charge in [0.1, 0.15) is 5.82 Å². The third kappa shape index (κ3) is 1.32. The summed E-state index contributed by atoms with van der Waals surface area (Å²) < 4.78 is 0. The molecule has 0 amide bonds. The van der Waals surface area contributed by atoms with E-state index in [4.69, 9.17) is 5.73 Å². The predicted molar refractivity (Wildman–Crippen MR) is 63.7 cm³/mol. The van der Waals surface area contributed by atoms with Gasteiger partial charge in [-0.2, -0.15) is 5.10 Å². The van der Waals surface area contributed by atoms with Crippen LogP contribution in [0.4, 0.5) is 5.82 Å². The highest BCUT2D eigenvalue weighted by atomic mass is 15.2. The minimum atomic E-state index is 0.501.